The van der Waals surface area contributed by atoms with Crippen LogP contribution in [0.3, 0.4) is 0 Å². The second-order valence-electron chi connectivity index (χ2n) is 5.07. The van der Waals surface area contributed by atoms with Crippen molar-refractivity contribution in [2.75, 3.05) is 13.1 Å². The van der Waals surface area contributed by atoms with Crippen LogP contribution in [0, 0.1) is 5.92 Å². The van der Waals surface area contributed by atoms with Gasteiger partial charge in [0.15, 0.2) is 5.65 Å². The number of tetrazole rings is 1. The monoisotopic (exact) mass is 259 g/mol. The average Bonchev–Trinajstić information content (AvgIpc) is 2.94. The molecule has 1 atom stereocenters. The van der Waals surface area contributed by atoms with Crippen molar-refractivity contribution >= 4 is 11.6 Å². The molecule has 0 radical (unpaired) electrons. The van der Waals surface area contributed by atoms with E-state index in [-0.39, 0.29) is 5.91 Å². The largest absolute Gasteiger partial charge is 0.338 e. The molecule has 6 nitrogen and oxygen atoms in total. The van der Waals surface area contributed by atoms with Crippen molar-refractivity contribution < 1.29 is 4.79 Å². The molecule has 0 bridgehead atoms. The molecule has 3 rings (SSSR count). The summed E-state index contributed by atoms with van der Waals surface area (Å²) in [7, 11) is 0. The molecular formula is C13H17N5O. The standard InChI is InChI=1S/C13H17N5O/c1-2-10-4-3-7-17(8-10)13(19)11-5-6-12-14-15-16-18(12)9-11/h5-6,9-10H,2-4,7-8H2,1H3. The Labute approximate surface area is 111 Å². The lowest BCUT2D eigenvalue weighted by atomic mass is 9.95. The molecule has 6 heteroatoms. The highest BCUT2D eigenvalue weighted by Gasteiger charge is 2.23. The van der Waals surface area contributed by atoms with Crippen molar-refractivity contribution in [3.05, 3.63) is 23.9 Å². The average molecular weight is 259 g/mol. The lowest BCUT2D eigenvalue weighted by Crippen LogP contribution is -2.39. The highest BCUT2D eigenvalue weighted by Crippen LogP contribution is 2.20. The van der Waals surface area contributed by atoms with Gasteiger partial charge in [0, 0.05) is 19.3 Å². The van der Waals surface area contributed by atoms with E-state index in [1.807, 2.05) is 4.90 Å². The van der Waals surface area contributed by atoms with Gasteiger partial charge in [0.05, 0.1) is 5.56 Å². The van der Waals surface area contributed by atoms with Gasteiger partial charge in [-0.1, -0.05) is 13.3 Å². The van der Waals surface area contributed by atoms with Crippen LogP contribution in [0.4, 0.5) is 0 Å². The summed E-state index contributed by atoms with van der Waals surface area (Å²) in [6, 6.07) is 3.57. The Kier molecular flexibility index (Phi) is 3.15. The molecule has 1 aliphatic rings. The summed E-state index contributed by atoms with van der Waals surface area (Å²) < 4.78 is 1.54. The Hall–Kier alpha value is -1.98. The second-order valence-corrected chi connectivity index (χ2v) is 5.07. The summed E-state index contributed by atoms with van der Waals surface area (Å²) in [5.74, 6) is 0.713. The lowest BCUT2D eigenvalue weighted by Gasteiger charge is -2.32. The maximum atomic E-state index is 12.5. The van der Waals surface area contributed by atoms with Crippen LogP contribution >= 0.6 is 0 Å². The summed E-state index contributed by atoms with van der Waals surface area (Å²) in [4.78, 5) is 14.4. The summed E-state index contributed by atoms with van der Waals surface area (Å²) in [5.41, 5.74) is 1.30. The summed E-state index contributed by atoms with van der Waals surface area (Å²) in [6.07, 6.45) is 5.16. The van der Waals surface area contributed by atoms with Crippen LogP contribution in [-0.2, 0) is 0 Å². The zero-order chi connectivity index (χ0) is 13.2. The third-order valence-electron chi connectivity index (χ3n) is 3.82. The van der Waals surface area contributed by atoms with Gasteiger partial charge in [0.1, 0.15) is 0 Å². The van der Waals surface area contributed by atoms with E-state index in [4.69, 9.17) is 0 Å². The van der Waals surface area contributed by atoms with Crippen molar-refractivity contribution in [1.29, 1.82) is 0 Å². The van der Waals surface area contributed by atoms with Crippen LogP contribution in [-0.4, -0.2) is 43.9 Å². The number of rotatable bonds is 2. The molecule has 100 valence electrons. The van der Waals surface area contributed by atoms with Gasteiger partial charge in [-0.05, 0) is 41.3 Å². The topological polar surface area (TPSA) is 63.4 Å². The van der Waals surface area contributed by atoms with Crippen molar-refractivity contribution in [2.24, 2.45) is 5.92 Å². The van der Waals surface area contributed by atoms with Crippen LogP contribution in [0.2, 0.25) is 0 Å². The van der Waals surface area contributed by atoms with Gasteiger partial charge in [0.2, 0.25) is 0 Å². The SMILES string of the molecule is CCC1CCCN(C(=O)c2ccc3nnnn3c2)C1. The fourth-order valence-electron chi connectivity index (χ4n) is 2.63. The van der Waals surface area contributed by atoms with E-state index in [0.29, 0.717) is 17.1 Å². The summed E-state index contributed by atoms with van der Waals surface area (Å²) in [5, 5.41) is 11.2. The molecule has 0 aromatic carbocycles. The highest BCUT2D eigenvalue weighted by atomic mass is 16.2. The predicted octanol–water partition coefficient (Wildman–Crippen LogP) is 1.39. The minimum atomic E-state index is 0.0792. The molecule has 2 aromatic heterocycles. The maximum Gasteiger partial charge on any atom is 0.255 e. The first kappa shape index (κ1) is 12.1. The Balaban J connectivity index is 1.82. The highest BCUT2D eigenvalue weighted by molar-refractivity contribution is 5.94. The van der Waals surface area contributed by atoms with Gasteiger partial charge in [-0.2, -0.15) is 4.52 Å². The van der Waals surface area contributed by atoms with E-state index in [1.165, 1.54) is 10.9 Å². The molecule has 2 aromatic rings. The summed E-state index contributed by atoms with van der Waals surface area (Å²) >= 11 is 0. The number of carbonyl (C=O) groups excluding carboxylic acids is 1. The molecule has 1 amide bonds. The molecule has 0 spiro atoms. The van der Waals surface area contributed by atoms with Crippen LogP contribution in [0.15, 0.2) is 18.3 Å². The molecule has 0 saturated carbocycles. The predicted molar refractivity (Wildman–Crippen MR) is 69.7 cm³/mol. The van der Waals surface area contributed by atoms with E-state index < -0.39 is 0 Å². The molecule has 3 heterocycles. The lowest BCUT2D eigenvalue weighted by molar-refractivity contribution is 0.0670. The third kappa shape index (κ3) is 2.30. The Morgan fingerprint density at radius 1 is 1.47 bits per heavy atom. The molecule has 1 aliphatic heterocycles. The first-order valence-electron chi connectivity index (χ1n) is 6.75. The minimum Gasteiger partial charge on any atom is -0.338 e. The van der Waals surface area contributed by atoms with Gasteiger partial charge in [-0.3, -0.25) is 4.79 Å². The van der Waals surface area contributed by atoms with Gasteiger partial charge in [0.25, 0.3) is 5.91 Å². The number of hydrogen-bond acceptors (Lipinski definition) is 4. The van der Waals surface area contributed by atoms with E-state index in [0.717, 1.165) is 25.9 Å². The molecule has 0 aliphatic carbocycles. The smallest absolute Gasteiger partial charge is 0.255 e. The number of piperidine rings is 1. The molecule has 1 fully saturated rings. The summed E-state index contributed by atoms with van der Waals surface area (Å²) in [6.45, 7) is 3.90. The Morgan fingerprint density at radius 2 is 2.37 bits per heavy atom. The van der Waals surface area contributed by atoms with Gasteiger partial charge in [-0.15, -0.1) is 5.10 Å². The number of hydrogen-bond donors (Lipinski definition) is 0. The van der Waals surface area contributed by atoms with E-state index >= 15 is 0 Å². The van der Waals surface area contributed by atoms with E-state index in [1.54, 1.807) is 18.3 Å². The second kappa shape index (κ2) is 4.95. The molecule has 1 saturated heterocycles. The molecule has 1 unspecified atom stereocenters. The van der Waals surface area contributed by atoms with Crippen molar-refractivity contribution in [1.82, 2.24) is 24.9 Å². The van der Waals surface area contributed by atoms with Crippen LogP contribution in [0.5, 0.6) is 0 Å². The van der Waals surface area contributed by atoms with Crippen LogP contribution in [0.25, 0.3) is 5.65 Å². The van der Waals surface area contributed by atoms with Gasteiger partial charge < -0.3 is 4.90 Å². The van der Waals surface area contributed by atoms with Gasteiger partial charge >= 0.3 is 0 Å². The molecule has 0 N–H and O–H groups in total. The Bertz CT molecular complexity index is 593. The number of carbonyl (C=O) groups is 1. The first-order chi connectivity index (χ1) is 9.28. The molecular weight excluding hydrogens is 242 g/mol. The van der Waals surface area contributed by atoms with Crippen molar-refractivity contribution in [3.63, 3.8) is 0 Å². The maximum absolute atomic E-state index is 12.5. The third-order valence-corrected chi connectivity index (χ3v) is 3.82. The van der Waals surface area contributed by atoms with E-state index in [2.05, 4.69) is 22.4 Å². The number of likely N-dealkylation sites (tertiary alicyclic amines) is 1. The zero-order valence-electron chi connectivity index (χ0n) is 11.0. The molecule has 19 heavy (non-hydrogen) atoms. The van der Waals surface area contributed by atoms with Crippen molar-refractivity contribution in [2.45, 2.75) is 26.2 Å². The number of nitrogens with zero attached hydrogens (tertiary/aromatic N) is 5. The number of fused-ring (bicyclic) bond motifs is 1. The fraction of sp³-hybridized carbons (Fsp3) is 0.538. The van der Waals surface area contributed by atoms with Crippen LogP contribution < -0.4 is 0 Å². The van der Waals surface area contributed by atoms with Gasteiger partial charge in [-0.25, -0.2) is 0 Å². The normalized spacial score (nSPS) is 19.8. The number of amides is 1. The van der Waals surface area contributed by atoms with Crippen molar-refractivity contribution in [3.8, 4) is 0 Å². The van der Waals surface area contributed by atoms with E-state index in [9.17, 15) is 4.79 Å². The number of pyridine rings is 1. The fourth-order valence-corrected chi connectivity index (χ4v) is 2.63. The first-order valence-corrected chi connectivity index (χ1v) is 6.75. The minimum absolute atomic E-state index is 0.0792. The quantitative estimate of drug-likeness (QED) is 0.817. The van der Waals surface area contributed by atoms with Crippen LogP contribution in [0.1, 0.15) is 36.5 Å². The number of aromatic nitrogens is 4. The zero-order valence-corrected chi connectivity index (χ0v) is 11.0. The Morgan fingerprint density at radius 3 is 3.21 bits per heavy atom.